The van der Waals surface area contributed by atoms with Crippen molar-refractivity contribution in [1.82, 2.24) is 4.98 Å². The molecule has 0 saturated carbocycles. The van der Waals surface area contributed by atoms with Crippen LogP contribution >= 0.6 is 0 Å². The van der Waals surface area contributed by atoms with E-state index < -0.39 is 0 Å². The molecule has 0 saturated heterocycles. The fourth-order valence-electron chi connectivity index (χ4n) is 0.988. The highest BCUT2D eigenvalue weighted by Crippen LogP contribution is 2.09. The van der Waals surface area contributed by atoms with Gasteiger partial charge in [-0.3, -0.25) is 0 Å². The molecule has 0 aliphatic heterocycles. The van der Waals surface area contributed by atoms with Gasteiger partial charge in [0.1, 0.15) is 5.82 Å². The second-order valence-corrected chi connectivity index (χ2v) is 2.51. The Balaban J connectivity index is 2.90. The van der Waals surface area contributed by atoms with Crippen LogP contribution in [0.15, 0.2) is 12.3 Å². The average molecular weight is 152 g/mol. The first-order valence-electron chi connectivity index (χ1n) is 3.56. The molecular weight excluding hydrogens is 140 g/mol. The Kier molecular flexibility index (Phi) is 2.44. The van der Waals surface area contributed by atoms with E-state index in [0.29, 0.717) is 12.2 Å². The molecule has 1 aromatic rings. The average Bonchev–Trinajstić information content (AvgIpc) is 1.95. The third kappa shape index (κ3) is 1.91. The Morgan fingerprint density at radius 2 is 2.36 bits per heavy atom. The molecule has 0 amide bonds. The lowest BCUT2D eigenvalue weighted by Gasteiger charge is -2.02. The van der Waals surface area contributed by atoms with Gasteiger partial charge in [-0.1, -0.05) is 0 Å². The van der Waals surface area contributed by atoms with E-state index in [2.05, 4.69) is 4.98 Å². The highest BCUT2D eigenvalue weighted by atomic mass is 16.2. The lowest BCUT2D eigenvalue weighted by Crippen LogP contribution is -1.98. The second-order valence-electron chi connectivity index (χ2n) is 2.51. The van der Waals surface area contributed by atoms with Gasteiger partial charge in [0.2, 0.25) is 0 Å². The molecule has 0 aliphatic rings. The molecule has 3 nitrogen and oxygen atoms in total. The third-order valence-electron chi connectivity index (χ3n) is 1.62. The number of aromatic nitrogens is 1. The fraction of sp³-hybridized carbons (Fsp3) is 0.375. The van der Waals surface area contributed by atoms with Crippen LogP contribution in [0.4, 0.5) is 5.82 Å². The maximum atomic E-state index is 8.65. The van der Waals surface area contributed by atoms with Crippen LogP contribution in [0, 0.1) is 6.92 Å². The molecule has 1 heterocycles. The SMILES string of the molecule is Cc1cc(N)ncc1CCO. The van der Waals surface area contributed by atoms with Gasteiger partial charge in [0.05, 0.1) is 0 Å². The van der Waals surface area contributed by atoms with Crippen molar-refractivity contribution in [3.05, 3.63) is 23.4 Å². The van der Waals surface area contributed by atoms with Crippen LogP contribution in [0.1, 0.15) is 11.1 Å². The van der Waals surface area contributed by atoms with Gasteiger partial charge in [-0.05, 0) is 30.5 Å². The van der Waals surface area contributed by atoms with E-state index in [-0.39, 0.29) is 6.61 Å². The van der Waals surface area contributed by atoms with Crippen LogP contribution < -0.4 is 5.73 Å². The second kappa shape index (κ2) is 3.34. The van der Waals surface area contributed by atoms with Crippen LogP contribution in [0.5, 0.6) is 0 Å². The zero-order valence-electron chi connectivity index (χ0n) is 6.54. The number of hydrogen-bond acceptors (Lipinski definition) is 3. The highest BCUT2D eigenvalue weighted by molar-refractivity contribution is 5.36. The number of aryl methyl sites for hydroxylation is 1. The Hall–Kier alpha value is -1.09. The summed E-state index contributed by atoms with van der Waals surface area (Å²) < 4.78 is 0. The molecule has 0 atom stereocenters. The minimum Gasteiger partial charge on any atom is -0.396 e. The molecule has 0 unspecified atom stereocenters. The molecule has 1 rings (SSSR count). The Bertz CT molecular complexity index is 248. The number of nitrogens with two attached hydrogens (primary N) is 1. The largest absolute Gasteiger partial charge is 0.396 e. The van der Waals surface area contributed by atoms with Crippen molar-refractivity contribution in [1.29, 1.82) is 0 Å². The van der Waals surface area contributed by atoms with E-state index in [9.17, 15) is 0 Å². The lowest BCUT2D eigenvalue weighted by atomic mass is 10.1. The summed E-state index contributed by atoms with van der Waals surface area (Å²) >= 11 is 0. The van der Waals surface area contributed by atoms with Crippen LogP contribution in [-0.4, -0.2) is 16.7 Å². The minimum atomic E-state index is 0.159. The summed E-state index contributed by atoms with van der Waals surface area (Å²) in [5.41, 5.74) is 7.60. The monoisotopic (exact) mass is 152 g/mol. The van der Waals surface area contributed by atoms with Gasteiger partial charge in [0.15, 0.2) is 0 Å². The third-order valence-corrected chi connectivity index (χ3v) is 1.62. The maximum Gasteiger partial charge on any atom is 0.123 e. The number of anilines is 1. The molecule has 0 radical (unpaired) electrons. The Morgan fingerprint density at radius 1 is 1.64 bits per heavy atom. The lowest BCUT2D eigenvalue weighted by molar-refractivity contribution is 0.299. The molecule has 3 N–H and O–H groups in total. The van der Waals surface area contributed by atoms with Crippen molar-refractivity contribution >= 4 is 5.82 Å². The van der Waals surface area contributed by atoms with Crippen LogP contribution in [0.3, 0.4) is 0 Å². The summed E-state index contributed by atoms with van der Waals surface area (Å²) in [4.78, 5) is 3.93. The normalized spacial score (nSPS) is 10.0. The molecule has 0 aromatic carbocycles. The minimum absolute atomic E-state index is 0.159. The highest BCUT2D eigenvalue weighted by Gasteiger charge is 1.97. The van der Waals surface area contributed by atoms with Crippen molar-refractivity contribution in [3.63, 3.8) is 0 Å². The Labute approximate surface area is 65.9 Å². The predicted octanol–water partition coefficient (Wildman–Crippen LogP) is 0.507. The zero-order chi connectivity index (χ0) is 8.27. The number of aliphatic hydroxyl groups is 1. The van der Waals surface area contributed by atoms with Crippen molar-refractivity contribution in [2.45, 2.75) is 13.3 Å². The fourth-order valence-corrected chi connectivity index (χ4v) is 0.988. The van der Waals surface area contributed by atoms with Gasteiger partial charge >= 0.3 is 0 Å². The van der Waals surface area contributed by atoms with Crippen LogP contribution in [-0.2, 0) is 6.42 Å². The predicted molar refractivity (Wildman–Crippen MR) is 44.2 cm³/mol. The molecule has 11 heavy (non-hydrogen) atoms. The molecule has 0 aliphatic carbocycles. The van der Waals surface area contributed by atoms with Gasteiger partial charge in [-0.2, -0.15) is 0 Å². The summed E-state index contributed by atoms with van der Waals surface area (Å²) in [6.45, 7) is 2.12. The summed E-state index contributed by atoms with van der Waals surface area (Å²) in [7, 11) is 0. The quantitative estimate of drug-likeness (QED) is 0.649. The number of rotatable bonds is 2. The van der Waals surface area contributed by atoms with Crippen LogP contribution in [0.25, 0.3) is 0 Å². The van der Waals surface area contributed by atoms with E-state index >= 15 is 0 Å². The first-order chi connectivity index (χ1) is 5.24. The molecule has 0 spiro atoms. The van der Waals surface area contributed by atoms with E-state index in [1.165, 1.54) is 0 Å². The summed E-state index contributed by atoms with van der Waals surface area (Å²) in [6, 6.07) is 1.81. The van der Waals surface area contributed by atoms with Gasteiger partial charge < -0.3 is 10.8 Å². The molecular formula is C8H12N2O. The smallest absolute Gasteiger partial charge is 0.123 e. The molecule has 0 fully saturated rings. The van der Waals surface area contributed by atoms with E-state index in [1.807, 2.05) is 13.0 Å². The van der Waals surface area contributed by atoms with Gasteiger partial charge in [0, 0.05) is 12.8 Å². The topological polar surface area (TPSA) is 59.1 Å². The number of pyridine rings is 1. The van der Waals surface area contributed by atoms with Crippen LogP contribution in [0.2, 0.25) is 0 Å². The zero-order valence-corrected chi connectivity index (χ0v) is 6.54. The standard InChI is InChI=1S/C8H12N2O/c1-6-4-8(9)10-5-7(6)2-3-11/h4-5,11H,2-3H2,1H3,(H2,9,10). The number of hydrogen-bond donors (Lipinski definition) is 2. The van der Waals surface area contributed by atoms with E-state index in [0.717, 1.165) is 11.1 Å². The first kappa shape index (κ1) is 8.01. The maximum absolute atomic E-state index is 8.65. The van der Waals surface area contributed by atoms with Crippen molar-refractivity contribution in [3.8, 4) is 0 Å². The van der Waals surface area contributed by atoms with E-state index in [4.69, 9.17) is 10.8 Å². The van der Waals surface area contributed by atoms with Gasteiger partial charge in [-0.15, -0.1) is 0 Å². The molecule has 0 bridgehead atoms. The molecule has 60 valence electrons. The number of nitrogen functional groups attached to an aromatic ring is 1. The molecule has 1 aromatic heterocycles. The van der Waals surface area contributed by atoms with Crippen molar-refractivity contribution in [2.75, 3.05) is 12.3 Å². The van der Waals surface area contributed by atoms with Gasteiger partial charge in [0.25, 0.3) is 0 Å². The van der Waals surface area contributed by atoms with Crippen molar-refractivity contribution < 1.29 is 5.11 Å². The van der Waals surface area contributed by atoms with Gasteiger partial charge in [-0.25, -0.2) is 4.98 Å². The number of nitrogens with zero attached hydrogens (tertiary/aromatic N) is 1. The van der Waals surface area contributed by atoms with E-state index in [1.54, 1.807) is 6.20 Å². The number of aliphatic hydroxyl groups excluding tert-OH is 1. The molecule has 3 heteroatoms. The summed E-state index contributed by atoms with van der Waals surface area (Å²) in [5.74, 6) is 0.532. The summed E-state index contributed by atoms with van der Waals surface area (Å²) in [6.07, 6.45) is 2.36. The first-order valence-corrected chi connectivity index (χ1v) is 3.56. The Morgan fingerprint density at radius 3 is 2.91 bits per heavy atom. The van der Waals surface area contributed by atoms with Crippen molar-refractivity contribution in [2.24, 2.45) is 0 Å². The summed E-state index contributed by atoms with van der Waals surface area (Å²) in [5, 5.41) is 8.65.